The molecule has 4 aromatic rings. The molecule has 1 aliphatic heterocycles. The molecule has 1 aliphatic carbocycles. The molecule has 3 N–H and O–H groups in total. The van der Waals surface area contributed by atoms with E-state index < -0.39 is 0 Å². The second-order valence-corrected chi connectivity index (χ2v) is 9.63. The number of rotatable bonds is 7. The highest BCUT2D eigenvalue weighted by atomic mass is 15.3. The molecule has 0 radical (unpaired) electrons. The van der Waals surface area contributed by atoms with Crippen molar-refractivity contribution in [3.05, 3.63) is 54.5 Å². The molecular weight excluding hydrogens is 424 g/mol. The van der Waals surface area contributed by atoms with Gasteiger partial charge in [0.05, 0.1) is 17.2 Å². The van der Waals surface area contributed by atoms with Crippen LogP contribution in [0.2, 0.25) is 0 Å². The van der Waals surface area contributed by atoms with Gasteiger partial charge in [-0.1, -0.05) is 12.5 Å². The standard InChI is InChI=1S/C26H32N8/c1-18(33-11-9-27-10-12-33)20-7-8-28-25(14-20)32-26-30-23-6-5-21(13-24(23)31-26)22-15-29-34(17-22)16-19-3-2-4-19/h5-8,13-15,17-19,27H,2-4,9-12,16H2,1H3,(H2,28,30,31,32). The van der Waals surface area contributed by atoms with Crippen LogP contribution in [0, 0.1) is 5.92 Å². The summed E-state index contributed by atoms with van der Waals surface area (Å²) >= 11 is 0. The Bertz CT molecular complexity index is 1260. The summed E-state index contributed by atoms with van der Waals surface area (Å²) in [7, 11) is 0. The molecule has 34 heavy (non-hydrogen) atoms. The minimum absolute atomic E-state index is 0.356. The monoisotopic (exact) mass is 456 g/mol. The molecule has 8 nitrogen and oxygen atoms in total. The topological polar surface area (TPSA) is 86.7 Å². The number of piperazine rings is 1. The molecule has 1 atom stereocenters. The zero-order valence-corrected chi connectivity index (χ0v) is 19.7. The predicted octanol–water partition coefficient (Wildman–Crippen LogP) is 4.33. The Labute approximate surface area is 199 Å². The first-order valence-corrected chi connectivity index (χ1v) is 12.4. The van der Waals surface area contributed by atoms with Gasteiger partial charge in [0.1, 0.15) is 5.82 Å². The summed E-state index contributed by atoms with van der Waals surface area (Å²) in [4.78, 5) is 15.2. The van der Waals surface area contributed by atoms with Gasteiger partial charge in [-0.2, -0.15) is 5.10 Å². The van der Waals surface area contributed by atoms with E-state index in [0.29, 0.717) is 12.0 Å². The van der Waals surface area contributed by atoms with Gasteiger partial charge in [0, 0.05) is 56.7 Å². The van der Waals surface area contributed by atoms with Crippen LogP contribution in [0.25, 0.3) is 22.2 Å². The van der Waals surface area contributed by atoms with Gasteiger partial charge in [0.15, 0.2) is 0 Å². The molecule has 176 valence electrons. The number of anilines is 2. The van der Waals surface area contributed by atoms with E-state index in [2.05, 4.69) is 78.7 Å². The van der Waals surface area contributed by atoms with Gasteiger partial charge >= 0.3 is 0 Å². The highest BCUT2D eigenvalue weighted by Crippen LogP contribution is 2.29. The maximum Gasteiger partial charge on any atom is 0.206 e. The molecule has 0 bridgehead atoms. The van der Waals surface area contributed by atoms with Gasteiger partial charge in [-0.25, -0.2) is 9.97 Å². The molecule has 1 unspecified atom stereocenters. The van der Waals surface area contributed by atoms with Gasteiger partial charge in [0.2, 0.25) is 5.95 Å². The first-order chi connectivity index (χ1) is 16.7. The number of fused-ring (bicyclic) bond motifs is 1. The minimum atomic E-state index is 0.356. The average molecular weight is 457 g/mol. The molecule has 1 aromatic carbocycles. The number of aromatic nitrogens is 5. The van der Waals surface area contributed by atoms with Gasteiger partial charge in [-0.3, -0.25) is 9.58 Å². The van der Waals surface area contributed by atoms with E-state index in [0.717, 1.165) is 66.6 Å². The highest BCUT2D eigenvalue weighted by Gasteiger charge is 2.19. The number of imidazole rings is 1. The van der Waals surface area contributed by atoms with Crippen LogP contribution < -0.4 is 10.6 Å². The van der Waals surface area contributed by atoms with Crippen LogP contribution in [0.1, 0.15) is 37.8 Å². The molecule has 1 saturated carbocycles. The third kappa shape index (κ3) is 4.43. The van der Waals surface area contributed by atoms with E-state index >= 15 is 0 Å². The van der Waals surface area contributed by atoms with E-state index in [4.69, 9.17) is 4.98 Å². The summed E-state index contributed by atoms with van der Waals surface area (Å²) in [5.41, 5.74) is 5.47. The lowest BCUT2D eigenvalue weighted by Gasteiger charge is -2.33. The fourth-order valence-corrected chi connectivity index (χ4v) is 4.98. The molecule has 0 amide bonds. The molecule has 0 spiro atoms. The lowest BCUT2D eigenvalue weighted by Crippen LogP contribution is -2.44. The Morgan fingerprint density at radius 1 is 1.12 bits per heavy atom. The largest absolute Gasteiger partial charge is 0.324 e. The summed E-state index contributed by atoms with van der Waals surface area (Å²) in [6.07, 6.45) is 10.0. The Morgan fingerprint density at radius 2 is 2.00 bits per heavy atom. The third-order valence-corrected chi connectivity index (χ3v) is 7.33. The van der Waals surface area contributed by atoms with Crippen molar-refractivity contribution in [3.63, 3.8) is 0 Å². The summed E-state index contributed by atoms with van der Waals surface area (Å²) in [5, 5.41) is 11.4. The average Bonchev–Trinajstić information content (AvgIpc) is 3.47. The number of pyridine rings is 1. The number of benzene rings is 1. The SMILES string of the molecule is CC(c1ccnc(Nc2nc3ccc(-c4cnn(CC5CCC5)c4)cc3[nH]2)c1)N1CCNCC1. The predicted molar refractivity (Wildman–Crippen MR) is 135 cm³/mol. The van der Waals surface area contributed by atoms with Gasteiger partial charge < -0.3 is 15.6 Å². The van der Waals surface area contributed by atoms with Gasteiger partial charge in [0.25, 0.3) is 0 Å². The van der Waals surface area contributed by atoms with E-state index in [1.165, 1.54) is 24.8 Å². The Kier molecular flexibility index (Phi) is 5.76. The number of nitrogens with zero attached hydrogens (tertiary/aromatic N) is 5. The normalized spacial score (nSPS) is 18.1. The van der Waals surface area contributed by atoms with Crippen LogP contribution in [0.4, 0.5) is 11.8 Å². The van der Waals surface area contributed by atoms with Crippen LogP contribution in [-0.4, -0.2) is 55.8 Å². The van der Waals surface area contributed by atoms with Crippen LogP contribution in [-0.2, 0) is 6.54 Å². The maximum absolute atomic E-state index is 4.72. The zero-order valence-electron chi connectivity index (χ0n) is 19.7. The molecule has 8 heteroatoms. The molecule has 6 rings (SSSR count). The number of nitrogens with one attached hydrogen (secondary N) is 3. The van der Waals surface area contributed by atoms with Crippen molar-refractivity contribution in [2.75, 3.05) is 31.5 Å². The first kappa shape index (κ1) is 21.3. The smallest absolute Gasteiger partial charge is 0.206 e. The summed E-state index contributed by atoms with van der Waals surface area (Å²) < 4.78 is 2.09. The lowest BCUT2D eigenvalue weighted by atomic mass is 9.85. The number of aromatic amines is 1. The zero-order chi connectivity index (χ0) is 22.9. The molecule has 4 heterocycles. The van der Waals surface area contributed by atoms with Crippen molar-refractivity contribution in [2.45, 2.75) is 38.8 Å². The first-order valence-electron chi connectivity index (χ1n) is 12.4. The Morgan fingerprint density at radius 3 is 2.82 bits per heavy atom. The molecule has 3 aromatic heterocycles. The maximum atomic E-state index is 4.72. The Balaban J connectivity index is 1.18. The summed E-state index contributed by atoms with van der Waals surface area (Å²) in [6, 6.07) is 10.9. The van der Waals surface area contributed by atoms with E-state index in [1.54, 1.807) is 0 Å². The summed E-state index contributed by atoms with van der Waals surface area (Å²) in [5.74, 6) is 2.30. The number of H-pyrrole nitrogens is 1. The van der Waals surface area contributed by atoms with Gasteiger partial charge in [-0.15, -0.1) is 0 Å². The second kappa shape index (κ2) is 9.19. The molecule has 2 fully saturated rings. The lowest BCUT2D eigenvalue weighted by molar-refractivity contribution is 0.185. The molecule has 1 saturated heterocycles. The molecule has 2 aliphatic rings. The van der Waals surface area contributed by atoms with Crippen molar-refractivity contribution in [3.8, 4) is 11.1 Å². The number of hydrogen-bond donors (Lipinski definition) is 3. The van der Waals surface area contributed by atoms with Gasteiger partial charge in [-0.05, 0) is 61.1 Å². The second-order valence-electron chi connectivity index (χ2n) is 9.63. The summed E-state index contributed by atoms with van der Waals surface area (Å²) in [6.45, 7) is 7.52. The van der Waals surface area contributed by atoms with Crippen LogP contribution in [0.3, 0.4) is 0 Å². The van der Waals surface area contributed by atoms with E-state index in [1.807, 2.05) is 12.4 Å². The van der Waals surface area contributed by atoms with Crippen LogP contribution >= 0.6 is 0 Å². The van der Waals surface area contributed by atoms with Crippen LogP contribution in [0.5, 0.6) is 0 Å². The highest BCUT2D eigenvalue weighted by molar-refractivity contribution is 5.83. The van der Waals surface area contributed by atoms with Crippen LogP contribution in [0.15, 0.2) is 48.9 Å². The number of hydrogen-bond acceptors (Lipinski definition) is 6. The third-order valence-electron chi connectivity index (χ3n) is 7.33. The van der Waals surface area contributed by atoms with Crippen molar-refractivity contribution in [1.29, 1.82) is 0 Å². The van der Waals surface area contributed by atoms with E-state index in [9.17, 15) is 0 Å². The Hall–Kier alpha value is -3.23. The fraction of sp³-hybridized carbons (Fsp3) is 0.423. The van der Waals surface area contributed by atoms with Crippen molar-refractivity contribution in [2.24, 2.45) is 5.92 Å². The fourth-order valence-electron chi connectivity index (χ4n) is 4.98. The molecular formula is C26H32N8. The van der Waals surface area contributed by atoms with Crippen molar-refractivity contribution < 1.29 is 0 Å². The van der Waals surface area contributed by atoms with Crippen molar-refractivity contribution >= 4 is 22.8 Å². The van der Waals surface area contributed by atoms with E-state index in [-0.39, 0.29) is 0 Å². The minimum Gasteiger partial charge on any atom is -0.324 e. The van der Waals surface area contributed by atoms with Crippen molar-refractivity contribution in [1.82, 2.24) is 34.9 Å². The quantitative estimate of drug-likeness (QED) is 0.384.